The molecule has 8 heteroatoms. The van der Waals surface area contributed by atoms with Crippen molar-refractivity contribution in [1.29, 1.82) is 0 Å². The molecule has 0 spiro atoms. The molecular weight excluding hydrogens is 290 g/mol. The molecule has 0 radical (unpaired) electrons. The first kappa shape index (κ1) is 15.6. The Kier molecular flexibility index (Phi) is 5.38. The van der Waals surface area contributed by atoms with E-state index in [2.05, 4.69) is 27.2 Å². The molecule has 0 aliphatic rings. The Morgan fingerprint density at radius 2 is 2.29 bits per heavy atom. The molecule has 114 valence electrons. The summed E-state index contributed by atoms with van der Waals surface area (Å²) in [7, 11) is 1.81. The maximum atomic E-state index is 10.8. The first-order chi connectivity index (χ1) is 10.2. The summed E-state index contributed by atoms with van der Waals surface area (Å²) in [5, 5.41) is 3.77. The van der Waals surface area contributed by atoms with Crippen LogP contribution in [0.15, 0.2) is 11.5 Å². The topological polar surface area (TPSA) is 81.9 Å². The lowest BCUT2D eigenvalue weighted by atomic mass is 10.5. The minimum absolute atomic E-state index is 0.288. The van der Waals surface area contributed by atoms with Crippen LogP contribution < -0.4 is 5.32 Å². The number of ether oxygens (including phenoxy) is 1. The number of carbonyl (C=O) groups excluding carboxylic acids is 1. The monoisotopic (exact) mass is 309 g/mol. The van der Waals surface area contributed by atoms with Gasteiger partial charge in [-0.25, -0.2) is 15.0 Å². The van der Waals surface area contributed by atoms with Gasteiger partial charge in [0.25, 0.3) is 0 Å². The Morgan fingerprint density at radius 1 is 1.48 bits per heavy atom. The third-order valence-corrected chi connectivity index (χ3v) is 3.81. The molecule has 0 unspecified atom stereocenters. The van der Waals surface area contributed by atoms with Crippen LogP contribution in [0.4, 0.5) is 5.82 Å². The van der Waals surface area contributed by atoms with Crippen LogP contribution in [0.25, 0.3) is 11.2 Å². The number of rotatable bonds is 7. The summed E-state index contributed by atoms with van der Waals surface area (Å²) in [6, 6.07) is 0. The highest BCUT2D eigenvalue weighted by atomic mass is 32.2. The maximum Gasteiger partial charge on any atom is 0.302 e. The van der Waals surface area contributed by atoms with Crippen molar-refractivity contribution >= 4 is 34.7 Å². The Morgan fingerprint density at radius 3 is 2.95 bits per heavy atom. The number of aromatic nitrogens is 4. The van der Waals surface area contributed by atoms with E-state index in [0.717, 1.165) is 28.5 Å². The molecular formula is C13H19N5O2S. The van der Waals surface area contributed by atoms with Gasteiger partial charge in [0.1, 0.15) is 12.1 Å². The number of carbonyl (C=O) groups is 1. The summed E-state index contributed by atoms with van der Waals surface area (Å²) in [4.78, 5) is 24.2. The van der Waals surface area contributed by atoms with E-state index in [4.69, 9.17) is 4.74 Å². The number of hydrogen-bond acceptors (Lipinski definition) is 7. The summed E-state index contributed by atoms with van der Waals surface area (Å²) < 4.78 is 6.84. The molecule has 7 nitrogen and oxygen atoms in total. The van der Waals surface area contributed by atoms with E-state index in [1.54, 1.807) is 18.1 Å². The molecule has 2 aromatic heterocycles. The molecule has 2 heterocycles. The van der Waals surface area contributed by atoms with Crippen molar-refractivity contribution in [3.63, 3.8) is 0 Å². The molecule has 0 saturated carbocycles. The number of nitrogens with zero attached hydrogens (tertiary/aromatic N) is 4. The zero-order valence-corrected chi connectivity index (χ0v) is 13.2. The van der Waals surface area contributed by atoms with Gasteiger partial charge in [-0.3, -0.25) is 4.79 Å². The van der Waals surface area contributed by atoms with E-state index in [0.29, 0.717) is 19.0 Å². The number of imidazole rings is 1. The second kappa shape index (κ2) is 7.26. The number of nitrogens with one attached hydrogen (secondary N) is 1. The van der Waals surface area contributed by atoms with Crippen molar-refractivity contribution in [1.82, 2.24) is 19.5 Å². The molecule has 2 aromatic rings. The van der Waals surface area contributed by atoms with Gasteiger partial charge in [0.15, 0.2) is 16.6 Å². The smallest absolute Gasteiger partial charge is 0.302 e. The van der Waals surface area contributed by atoms with Gasteiger partial charge in [0.2, 0.25) is 0 Å². The van der Waals surface area contributed by atoms with E-state index in [1.807, 2.05) is 11.6 Å². The highest BCUT2D eigenvalue weighted by Crippen LogP contribution is 2.23. The Balaban J connectivity index is 2.27. The lowest BCUT2D eigenvalue weighted by molar-refractivity contribution is -0.141. The predicted octanol–water partition coefficient (Wildman–Crippen LogP) is 1.93. The Hall–Kier alpha value is -1.83. The van der Waals surface area contributed by atoms with Crippen molar-refractivity contribution < 1.29 is 9.53 Å². The summed E-state index contributed by atoms with van der Waals surface area (Å²) in [5.41, 5.74) is 1.47. The summed E-state index contributed by atoms with van der Waals surface area (Å²) in [6.07, 6.45) is 2.75. The number of esters is 1. The van der Waals surface area contributed by atoms with Gasteiger partial charge in [-0.05, 0) is 6.42 Å². The van der Waals surface area contributed by atoms with Crippen LogP contribution in [-0.2, 0) is 16.1 Å². The second-order valence-corrected chi connectivity index (χ2v) is 5.47. The van der Waals surface area contributed by atoms with Gasteiger partial charge in [0, 0.05) is 19.7 Å². The van der Waals surface area contributed by atoms with Crippen LogP contribution in [0.3, 0.4) is 0 Å². The number of fused-ring (bicyclic) bond motifs is 1. The largest absolute Gasteiger partial charge is 0.464 e. The highest BCUT2D eigenvalue weighted by molar-refractivity contribution is 7.99. The SMILES string of the molecule is CCCSc1nc(NC)c2ncn(CCOC(C)=O)c2n1. The van der Waals surface area contributed by atoms with E-state index in [-0.39, 0.29) is 5.97 Å². The molecule has 0 atom stereocenters. The fraction of sp³-hybridized carbons (Fsp3) is 0.538. The minimum Gasteiger partial charge on any atom is -0.464 e. The van der Waals surface area contributed by atoms with E-state index in [9.17, 15) is 4.79 Å². The Labute approximate surface area is 127 Å². The van der Waals surface area contributed by atoms with Crippen LogP contribution in [-0.4, -0.2) is 44.9 Å². The van der Waals surface area contributed by atoms with Gasteiger partial charge < -0.3 is 14.6 Å². The predicted molar refractivity (Wildman–Crippen MR) is 82.5 cm³/mol. The minimum atomic E-state index is -0.288. The third-order valence-electron chi connectivity index (χ3n) is 2.75. The van der Waals surface area contributed by atoms with E-state index >= 15 is 0 Å². The van der Waals surface area contributed by atoms with Crippen LogP contribution in [0.2, 0.25) is 0 Å². The van der Waals surface area contributed by atoms with Crippen LogP contribution in [0.1, 0.15) is 20.3 Å². The van der Waals surface area contributed by atoms with Crippen LogP contribution in [0, 0.1) is 0 Å². The van der Waals surface area contributed by atoms with Crippen LogP contribution >= 0.6 is 11.8 Å². The fourth-order valence-corrected chi connectivity index (χ4v) is 2.50. The van der Waals surface area contributed by atoms with Crippen molar-refractivity contribution in [2.24, 2.45) is 0 Å². The number of hydrogen-bond donors (Lipinski definition) is 1. The van der Waals surface area contributed by atoms with Crippen molar-refractivity contribution in [3.8, 4) is 0 Å². The molecule has 0 fully saturated rings. The first-order valence-electron chi connectivity index (χ1n) is 6.82. The average molecular weight is 309 g/mol. The van der Waals surface area contributed by atoms with Crippen molar-refractivity contribution in [2.45, 2.75) is 32.0 Å². The molecule has 2 rings (SSSR count). The molecule has 21 heavy (non-hydrogen) atoms. The lowest BCUT2D eigenvalue weighted by Gasteiger charge is -2.07. The summed E-state index contributed by atoms with van der Waals surface area (Å²) in [6.45, 7) is 4.34. The van der Waals surface area contributed by atoms with Gasteiger partial charge >= 0.3 is 5.97 Å². The standard InChI is InChI=1S/C13H19N5O2S/c1-4-7-21-13-16-11(14-3)10-12(17-13)18(8-15-10)5-6-20-9(2)19/h8H,4-7H2,1-3H3,(H,14,16,17). The third kappa shape index (κ3) is 3.84. The molecule has 0 saturated heterocycles. The molecule has 0 aromatic carbocycles. The summed E-state index contributed by atoms with van der Waals surface area (Å²) in [5.74, 6) is 1.39. The van der Waals surface area contributed by atoms with E-state index in [1.165, 1.54) is 6.92 Å². The Bertz CT molecular complexity index is 628. The highest BCUT2D eigenvalue weighted by Gasteiger charge is 2.12. The van der Waals surface area contributed by atoms with E-state index < -0.39 is 0 Å². The van der Waals surface area contributed by atoms with Gasteiger partial charge in [-0.1, -0.05) is 18.7 Å². The second-order valence-electron chi connectivity index (χ2n) is 4.40. The van der Waals surface area contributed by atoms with Crippen molar-refractivity contribution in [2.75, 3.05) is 24.7 Å². The quantitative estimate of drug-likeness (QED) is 0.475. The zero-order chi connectivity index (χ0) is 15.2. The number of thioether (sulfide) groups is 1. The average Bonchev–Trinajstić information content (AvgIpc) is 2.87. The zero-order valence-electron chi connectivity index (χ0n) is 12.4. The number of anilines is 1. The van der Waals surface area contributed by atoms with Gasteiger partial charge in [-0.15, -0.1) is 0 Å². The van der Waals surface area contributed by atoms with Crippen LogP contribution in [0.5, 0.6) is 0 Å². The van der Waals surface area contributed by atoms with Crippen molar-refractivity contribution in [3.05, 3.63) is 6.33 Å². The molecule has 0 aliphatic carbocycles. The molecule has 0 bridgehead atoms. The molecule has 1 N–H and O–H groups in total. The molecule has 0 aliphatic heterocycles. The first-order valence-corrected chi connectivity index (χ1v) is 7.81. The lowest BCUT2D eigenvalue weighted by Crippen LogP contribution is -2.09. The van der Waals surface area contributed by atoms with Gasteiger partial charge in [-0.2, -0.15) is 0 Å². The summed E-state index contributed by atoms with van der Waals surface area (Å²) >= 11 is 1.62. The normalized spacial score (nSPS) is 10.8. The molecule has 0 amide bonds. The van der Waals surface area contributed by atoms with Gasteiger partial charge in [0.05, 0.1) is 12.9 Å². The fourth-order valence-electron chi connectivity index (χ4n) is 1.81. The maximum absolute atomic E-state index is 10.8.